The maximum absolute atomic E-state index is 2.47. The minimum atomic E-state index is 0. The van der Waals surface area contributed by atoms with Gasteiger partial charge in [0, 0.05) is 0 Å². The molecular formula is C62H120. The Kier molecular flexibility index (Phi) is 24.1. The lowest BCUT2D eigenvalue weighted by molar-refractivity contribution is -0.0789. The molecule has 0 aromatic rings. The van der Waals surface area contributed by atoms with Gasteiger partial charge in [-0.1, -0.05) is 125 Å². The second-order valence-corrected chi connectivity index (χ2v) is 25.5. The fourth-order valence-electron chi connectivity index (χ4n) is 19.0. The molecule has 16 aliphatic carbocycles. The van der Waals surface area contributed by atoms with Crippen LogP contribution < -0.4 is 0 Å². The monoisotopic (exact) mass is 865 g/mol. The minimum absolute atomic E-state index is 0. The van der Waals surface area contributed by atoms with Gasteiger partial charge < -0.3 is 0 Å². The van der Waals surface area contributed by atoms with E-state index in [0.29, 0.717) is 0 Å². The van der Waals surface area contributed by atoms with E-state index >= 15 is 0 Å². The van der Waals surface area contributed by atoms with Gasteiger partial charge in [0.05, 0.1) is 0 Å². The van der Waals surface area contributed by atoms with Crippen LogP contribution in [0.5, 0.6) is 0 Å². The van der Waals surface area contributed by atoms with E-state index in [1.54, 1.807) is 141 Å². The molecule has 0 spiro atoms. The third-order valence-corrected chi connectivity index (χ3v) is 19.4. The van der Waals surface area contributed by atoms with Crippen molar-refractivity contribution in [3.8, 4) is 0 Å². The van der Waals surface area contributed by atoms with Crippen LogP contribution in [-0.2, 0) is 0 Å². The number of hydrogen-bond donors (Lipinski definition) is 0. The molecule has 0 aromatic carbocycles. The quantitative estimate of drug-likeness (QED) is 0.265. The van der Waals surface area contributed by atoms with Crippen molar-refractivity contribution in [3.05, 3.63) is 0 Å². The van der Waals surface area contributed by atoms with Crippen molar-refractivity contribution in [1.82, 2.24) is 0 Å². The summed E-state index contributed by atoms with van der Waals surface area (Å²) in [6, 6.07) is 0. The molecule has 368 valence electrons. The highest BCUT2D eigenvalue weighted by Gasteiger charge is 2.53. The molecule has 0 heteroatoms. The highest BCUT2D eigenvalue weighted by molar-refractivity contribution is 5.03. The van der Waals surface area contributed by atoms with Crippen LogP contribution in [0, 0.1) is 130 Å². The Morgan fingerprint density at radius 1 is 0.274 bits per heavy atom. The van der Waals surface area contributed by atoms with Crippen LogP contribution in [0.2, 0.25) is 0 Å². The van der Waals surface area contributed by atoms with Gasteiger partial charge in [0.2, 0.25) is 0 Å². The van der Waals surface area contributed by atoms with Crippen LogP contribution in [0.4, 0.5) is 0 Å². The van der Waals surface area contributed by atoms with Gasteiger partial charge in [-0.3, -0.25) is 0 Å². The normalized spacial score (nSPS) is 43.8. The van der Waals surface area contributed by atoms with Crippen molar-refractivity contribution in [2.24, 2.45) is 130 Å². The van der Waals surface area contributed by atoms with Gasteiger partial charge in [-0.15, -0.1) is 0 Å². The Labute approximate surface area is 394 Å². The van der Waals surface area contributed by atoms with Gasteiger partial charge in [-0.25, -0.2) is 0 Å². The molecule has 0 nitrogen and oxygen atoms in total. The Hall–Kier alpha value is 0. The largest absolute Gasteiger partial charge is 0.0776 e. The van der Waals surface area contributed by atoms with E-state index in [1.165, 1.54) is 23.7 Å². The Morgan fingerprint density at radius 3 is 0.597 bits per heavy atom. The Morgan fingerprint density at radius 2 is 0.435 bits per heavy atom. The molecule has 0 heterocycles. The molecule has 0 aliphatic heterocycles. The van der Waals surface area contributed by atoms with E-state index in [4.69, 9.17) is 0 Å². The van der Waals surface area contributed by atoms with Crippen LogP contribution in [0.15, 0.2) is 0 Å². The maximum atomic E-state index is 2.47. The molecule has 16 fully saturated rings. The van der Waals surface area contributed by atoms with Crippen molar-refractivity contribution < 1.29 is 0 Å². The van der Waals surface area contributed by atoms with Gasteiger partial charge in [-0.05, 0) is 271 Å². The van der Waals surface area contributed by atoms with E-state index in [2.05, 4.69) is 62.3 Å². The van der Waals surface area contributed by atoms with Gasteiger partial charge in [0.25, 0.3) is 0 Å². The molecule has 0 saturated heterocycles. The predicted octanol–water partition coefficient (Wildman–Crippen LogP) is 20.5. The SMILES string of the molecule is C.C1C2CC3CC1CC(C2)C3.CC.CC.CC.CC.CC(C)C.CC(C)C12CC3CC(CC(C3)C1)C2.CC(C)C1C2CC3CC(C2)CC1C3.CC(C)C1C2CC3CC(C2)CC1C3. The first-order valence-electron chi connectivity index (χ1n) is 29.3. The van der Waals surface area contributed by atoms with E-state index < -0.39 is 0 Å². The Bertz CT molecular complexity index is 970. The summed E-state index contributed by atoms with van der Waals surface area (Å²) in [6.45, 7) is 37.2. The molecule has 16 rings (SSSR count). The first-order valence-corrected chi connectivity index (χ1v) is 29.3. The van der Waals surface area contributed by atoms with Gasteiger partial charge >= 0.3 is 0 Å². The second kappa shape index (κ2) is 26.5. The summed E-state index contributed by atoms with van der Waals surface area (Å²) in [6.07, 6.45) is 35.1. The Balaban J connectivity index is 0.000000203. The highest BCUT2D eigenvalue weighted by Crippen LogP contribution is 2.63. The molecule has 0 aromatic heterocycles. The standard InChI is InChI=1S/3C13H22.C10H16.C4H10.4C2H6.CH4/c1-9(2)13-6-10-3-11(7-13)5-12(4-10)8-13;2*1-8(2)13-11-4-9-3-10(6-11)7-12(13)5-9;1-7-2-9-4-8(1)5-10(3-7)6-9;1-4(2)3;4*1-2;/h9-12H,3-8H2,1-2H3;2*8-13H,3-7H2,1-2H3;7-10H,1-6H2;4H,1-3H3;4*1-2H3;1H4. The molecule has 0 radical (unpaired) electrons. The highest BCUT2D eigenvalue weighted by atomic mass is 14.6. The molecule has 0 N–H and O–H groups in total. The molecular weight excluding hydrogens is 745 g/mol. The fourth-order valence-corrected chi connectivity index (χ4v) is 19.0. The molecule has 0 amide bonds. The first-order chi connectivity index (χ1) is 29.3. The summed E-state index contributed by atoms with van der Waals surface area (Å²) in [5, 5.41) is 0. The van der Waals surface area contributed by atoms with Gasteiger partial charge in [0.1, 0.15) is 0 Å². The lowest BCUT2D eigenvalue weighted by atomic mass is 9.47. The van der Waals surface area contributed by atoms with Crippen LogP contribution in [-0.4, -0.2) is 0 Å². The van der Waals surface area contributed by atoms with Gasteiger partial charge in [-0.2, -0.15) is 0 Å². The summed E-state index contributed by atoms with van der Waals surface area (Å²) >= 11 is 0. The van der Waals surface area contributed by atoms with Crippen LogP contribution in [0.3, 0.4) is 0 Å². The summed E-state index contributed by atoms with van der Waals surface area (Å²) in [4.78, 5) is 0. The fraction of sp³-hybridized carbons (Fsp3) is 1.00. The van der Waals surface area contributed by atoms with Crippen molar-refractivity contribution >= 4 is 0 Å². The van der Waals surface area contributed by atoms with Gasteiger partial charge in [0.15, 0.2) is 0 Å². The lowest BCUT2D eigenvalue weighted by Gasteiger charge is -2.58. The zero-order chi connectivity index (χ0) is 45.2. The van der Waals surface area contributed by atoms with Crippen molar-refractivity contribution in [1.29, 1.82) is 0 Å². The zero-order valence-corrected chi connectivity index (χ0v) is 45.2. The molecule has 16 aliphatic rings. The zero-order valence-electron chi connectivity index (χ0n) is 45.2. The van der Waals surface area contributed by atoms with Crippen molar-refractivity contribution in [3.63, 3.8) is 0 Å². The molecule has 0 unspecified atom stereocenters. The van der Waals surface area contributed by atoms with E-state index in [-0.39, 0.29) is 7.43 Å². The summed E-state index contributed by atoms with van der Waals surface area (Å²) in [7, 11) is 0. The lowest BCUT2D eigenvalue weighted by Crippen LogP contribution is -2.48. The maximum Gasteiger partial charge on any atom is -0.0267 e. The third kappa shape index (κ3) is 14.3. The minimum Gasteiger partial charge on any atom is -0.0776 e. The summed E-state index contributed by atoms with van der Waals surface area (Å²) in [5.74, 6) is 23.1. The van der Waals surface area contributed by atoms with Crippen LogP contribution in [0.25, 0.3) is 0 Å². The molecule has 16 bridgehead atoms. The molecule has 62 heavy (non-hydrogen) atoms. The van der Waals surface area contributed by atoms with Crippen LogP contribution >= 0.6 is 0 Å². The number of rotatable bonds is 3. The predicted molar refractivity (Wildman–Crippen MR) is 280 cm³/mol. The average Bonchev–Trinajstić information content (AvgIpc) is 3.20. The van der Waals surface area contributed by atoms with Crippen molar-refractivity contribution in [2.75, 3.05) is 0 Å². The smallest absolute Gasteiger partial charge is 0.0267 e. The van der Waals surface area contributed by atoms with Crippen LogP contribution in [0.1, 0.15) is 266 Å². The molecule has 16 saturated carbocycles. The van der Waals surface area contributed by atoms with E-state index in [1.807, 2.05) is 55.4 Å². The second-order valence-electron chi connectivity index (χ2n) is 25.5. The average molecular weight is 866 g/mol. The van der Waals surface area contributed by atoms with Crippen molar-refractivity contribution in [2.45, 2.75) is 266 Å². The summed E-state index contributed by atoms with van der Waals surface area (Å²) in [5.41, 5.74) is 0.800. The summed E-state index contributed by atoms with van der Waals surface area (Å²) < 4.78 is 0. The third-order valence-electron chi connectivity index (χ3n) is 19.4. The first kappa shape index (κ1) is 56.3. The topological polar surface area (TPSA) is 0 Å². The van der Waals surface area contributed by atoms with E-state index in [0.717, 1.165) is 106 Å². The number of hydrogen-bond acceptors (Lipinski definition) is 0. The van der Waals surface area contributed by atoms with E-state index in [9.17, 15) is 0 Å². The molecule has 0 atom stereocenters.